The van der Waals surface area contributed by atoms with Gasteiger partial charge in [-0.15, -0.1) is 0 Å². The first-order valence-electron chi connectivity index (χ1n) is 10.1. The van der Waals surface area contributed by atoms with Gasteiger partial charge in [0.15, 0.2) is 0 Å². The maximum absolute atomic E-state index is 11.0. The highest BCUT2D eigenvalue weighted by Gasteiger charge is 2.16. The van der Waals surface area contributed by atoms with Crippen LogP contribution in [0.15, 0.2) is 60.7 Å². The van der Waals surface area contributed by atoms with E-state index < -0.39 is 23.9 Å². The van der Waals surface area contributed by atoms with Gasteiger partial charge in [0.1, 0.15) is 6.04 Å². The molecule has 0 saturated carbocycles. The minimum Gasteiger partial charge on any atom is -0.481 e. The molecule has 0 aliphatic carbocycles. The number of aliphatic carboxylic acids is 3. The van der Waals surface area contributed by atoms with E-state index in [1.54, 1.807) is 0 Å². The fourth-order valence-corrected chi connectivity index (χ4v) is 2.69. The largest absolute Gasteiger partial charge is 0.481 e. The average Bonchev–Trinajstić information content (AvgIpc) is 2.75. The summed E-state index contributed by atoms with van der Waals surface area (Å²) in [5.41, 5.74) is 2.30. The average molecular weight is 431 g/mol. The Labute approximate surface area is 181 Å². The predicted molar refractivity (Wildman–Crippen MR) is 117 cm³/mol. The van der Waals surface area contributed by atoms with Crippen LogP contribution in [0.4, 0.5) is 0 Å². The number of nitrogens with one attached hydrogen (secondary N) is 2. The molecule has 0 fully saturated rings. The molecular formula is C23H30N2O6. The number of carboxylic acid groups (broad SMARTS) is 3. The monoisotopic (exact) mass is 430 g/mol. The Bertz CT molecular complexity index is 783. The van der Waals surface area contributed by atoms with E-state index in [1.165, 1.54) is 5.56 Å². The first-order valence-corrected chi connectivity index (χ1v) is 10.1. The molecule has 0 amide bonds. The fraction of sp³-hybridized carbons (Fsp3) is 0.348. The third-order valence-electron chi connectivity index (χ3n) is 4.30. The molecule has 168 valence electrons. The molecule has 31 heavy (non-hydrogen) atoms. The van der Waals surface area contributed by atoms with Gasteiger partial charge in [0.25, 0.3) is 0 Å². The van der Waals surface area contributed by atoms with E-state index >= 15 is 0 Å². The van der Waals surface area contributed by atoms with Gasteiger partial charge in [-0.1, -0.05) is 60.7 Å². The molecule has 2 aromatic rings. The molecule has 0 bridgehead atoms. The molecule has 0 radical (unpaired) electrons. The number of aryl methyl sites for hydroxylation is 1. The summed E-state index contributed by atoms with van der Waals surface area (Å²) in [6.07, 6.45) is 1.89. The van der Waals surface area contributed by atoms with Crippen molar-refractivity contribution >= 4 is 17.9 Å². The van der Waals surface area contributed by atoms with E-state index in [0.717, 1.165) is 12.0 Å². The minimum atomic E-state index is -0.948. The highest BCUT2D eigenvalue weighted by molar-refractivity contribution is 5.73. The number of hydrogen-bond donors (Lipinski definition) is 5. The highest BCUT2D eigenvalue weighted by Crippen LogP contribution is 2.05. The summed E-state index contributed by atoms with van der Waals surface area (Å²) in [7, 11) is 0. The predicted octanol–water partition coefficient (Wildman–Crippen LogP) is 2.04. The summed E-state index contributed by atoms with van der Waals surface area (Å²) in [4.78, 5) is 31.5. The van der Waals surface area contributed by atoms with Gasteiger partial charge in [-0.2, -0.15) is 0 Å². The van der Waals surface area contributed by atoms with E-state index in [1.807, 2.05) is 60.7 Å². The number of hydrogen-bond acceptors (Lipinski definition) is 5. The molecule has 0 heterocycles. The number of rotatable bonds is 13. The van der Waals surface area contributed by atoms with Crippen LogP contribution in [0, 0.1) is 0 Å². The molecular weight excluding hydrogens is 400 g/mol. The third kappa shape index (κ3) is 13.6. The second kappa shape index (κ2) is 15.6. The maximum atomic E-state index is 11.0. The third-order valence-corrected chi connectivity index (χ3v) is 4.30. The van der Waals surface area contributed by atoms with Gasteiger partial charge in [0, 0.05) is 6.54 Å². The Morgan fingerprint density at radius 3 is 1.77 bits per heavy atom. The number of carboxylic acids is 3. The Morgan fingerprint density at radius 2 is 1.29 bits per heavy atom. The molecule has 1 atom stereocenters. The first-order chi connectivity index (χ1) is 14.9. The zero-order valence-electron chi connectivity index (χ0n) is 17.4. The summed E-state index contributed by atoms with van der Waals surface area (Å²) in [6.45, 7) is 0.907. The first kappa shape index (κ1) is 25.8. The summed E-state index contributed by atoms with van der Waals surface area (Å²) in [5.74, 6) is -2.70. The van der Waals surface area contributed by atoms with Crippen molar-refractivity contribution in [1.29, 1.82) is 0 Å². The van der Waals surface area contributed by atoms with Crippen LogP contribution in [0.3, 0.4) is 0 Å². The second-order valence-corrected chi connectivity index (χ2v) is 6.82. The Hall–Kier alpha value is -3.23. The Kier molecular flexibility index (Phi) is 13.0. The Balaban J connectivity index is 0.000000327. The van der Waals surface area contributed by atoms with Crippen LogP contribution < -0.4 is 10.6 Å². The molecule has 8 nitrogen and oxygen atoms in total. The van der Waals surface area contributed by atoms with Crippen molar-refractivity contribution in [2.24, 2.45) is 0 Å². The summed E-state index contributed by atoms with van der Waals surface area (Å²) in [5, 5.41) is 31.4. The van der Waals surface area contributed by atoms with Crippen LogP contribution in [0.25, 0.3) is 0 Å². The zero-order valence-corrected chi connectivity index (χ0v) is 17.4. The van der Waals surface area contributed by atoms with Crippen molar-refractivity contribution in [3.63, 3.8) is 0 Å². The van der Waals surface area contributed by atoms with Crippen LogP contribution in [-0.2, 0) is 27.2 Å². The quantitative estimate of drug-likeness (QED) is 0.305. The normalized spacial score (nSPS) is 11.1. The maximum Gasteiger partial charge on any atom is 0.320 e. The van der Waals surface area contributed by atoms with Crippen molar-refractivity contribution in [2.75, 3.05) is 19.6 Å². The summed E-state index contributed by atoms with van der Waals surface area (Å²) in [6, 6.07) is 18.9. The van der Waals surface area contributed by atoms with E-state index in [2.05, 4.69) is 10.6 Å². The van der Waals surface area contributed by atoms with Crippen LogP contribution in [0.1, 0.15) is 24.0 Å². The standard InChI is InChI=1S/C13H17NO4.C10H13NO2/c15-12(16)8-9-14-11(13(17)18)7-6-10-4-2-1-3-5-10;12-10(13)8-11-7-6-9-4-2-1-3-5-9/h1-5,11,14H,6-9H2,(H,15,16)(H,17,18);1-5,11H,6-8H2,(H,12,13)/t11-;/m1./s1. The molecule has 0 saturated heterocycles. The molecule has 0 aromatic heterocycles. The van der Waals surface area contributed by atoms with Crippen molar-refractivity contribution in [2.45, 2.75) is 31.7 Å². The number of carbonyl (C=O) groups is 3. The second-order valence-electron chi connectivity index (χ2n) is 6.82. The SMILES string of the molecule is O=C(O)CCN[C@H](CCc1ccccc1)C(=O)O.O=C(O)CNCCc1ccccc1. The van der Waals surface area contributed by atoms with Gasteiger partial charge in [0.05, 0.1) is 13.0 Å². The molecule has 5 N–H and O–H groups in total. The van der Waals surface area contributed by atoms with Crippen LogP contribution in [0.2, 0.25) is 0 Å². The minimum absolute atomic E-state index is 0.0346. The van der Waals surface area contributed by atoms with Gasteiger partial charge in [-0.05, 0) is 36.9 Å². The van der Waals surface area contributed by atoms with E-state index in [4.69, 9.17) is 15.3 Å². The van der Waals surface area contributed by atoms with Crippen molar-refractivity contribution in [3.05, 3.63) is 71.8 Å². The smallest absolute Gasteiger partial charge is 0.320 e. The number of benzene rings is 2. The van der Waals surface area contributed by atoms with Crippen molar-refractivity contribution in [1.82, 2.24) is 10.6 Å². The van der Waals surface area contributed by atoms with Gasteiger partial charge < -0.3 is 26.0 Å². The molecule has 0 spiro atoms. The van der Waals surface area contributed by atoms with Crippen molar-refractivity contribution < 1.29 is 29.7 Å². The van der Waals surface area contributed by atoms with Crippen LogP contribution in [-0.4, -0.2) is 58.9 Å². The van der Waals surface area contributed by atoms with Gasteiger partial charge in [-0.3, -0.25) is 14.4 Å². The van der Waals surface area contributed by atoms with Gasteiger partial charge >= 0.3 is 17.9 Å². The topological polar surface area (TPSA) is 136 Å². The van der Waals surface area contributed by atoms with Crippen molar-refractivity contribution in [3.8, 4) is 0 Å². The highest BCUT2D eigenvalue weighted by atomic mass is 16.4. The molecule has 2 rings (SSSR count). The summed E-state index contributed by atoms with van der Waals surface area (Å²) >= 11 is 0. The molecule has 0 unspecified atom stereocenters. The summed E-state index contributed by atoms with van der Waals surface area (Å²) < 4.78 is 0. The lowest BCUT2D eigenvalue weighted by atomic mass is 10.1. The van der Waals surface area contributed by atoms with E-state index in [9.17, 15) is 14.4 Å². The van der Waals surface area contributed by atoms with E-state index in [-0.39, 0.29) is 19.5 Å². The zero-order chi connectivity index (χ0) is 22.9. The lowest BCUT2D eigenvalue weighted by molar-refractivity contribution is -0.141. The molecule has 0 aliphatic rings. The van der Waals surface area contributed by atoms with E-state index in [0.29, 0.717) is 19.4 Å². The van der Waals surface area contributed by atoms with Gasteiger partial charge in [-0.25, -0.2) is 0 Å². The van der Waals surface area contributed by atoms with Gasteiger partial charge in [0.2, 0.25) is 0 Å². The lowest BCUT2D eigenvalue weighted by Gasteiger charge is -2.13. The van der Waals surface area contributed by atoms with Crippen LogP contribution in [0.5, 0.6) is 0 Å². The molecule has 8 heteroatoms. The Morgan fingerprint density at radius 1 is 0.742 bits per heavy atom. The molecule has 0 aliphatic heterocycles. The van der Waals surface area contributed by atoms with Crippen LogP contribution >= 0.6 is 0 Å². The fourth-order valence-electron chi connectivity index (χ4n) is 2.69. The molecule has 2 aromatic carbocycles. The lowest BCUT2D eigenvalue weighted by Crippen LogP contribution is -2.38.